The molecule has 2 aromatic heterocycles. The number of ether oxygens (including phenoxy) is 2. The third-order valence-corrected chi connectivity index (χ3v) is 5.32. The molecule has 0 atom stereocenters. The Bertz CT molecular complexity index is 1430. The van der Waals surface area contributed by atoms with E-state index >= 15 is 0 Å². The van der Waals surface area contributed by atoms with E-state index in [4.69, 9.17) is 9.47 Å². The van der Waals surface area contributed by atoms with Crippen LogP contribution in [0.1, 0.15) is 20.7 Å². The highest BCUT2D eigenvalue weighted by Gasteiger charge is 2.18. The van der Waals surface area contributed by atoms with Crippen molar-refractivity contribution in [3.8, 4) is 11.4 Å². The van der Waals surface area contributed by atoms with Gasteiger partial charge in [-0.2, -0.15) is 0 Å². The SMILES string of the molecule is COC(=O)c1ccc(C(=O)OC)c(NC(=O)NCCn2c(-c3ccc(F)cc3)nc3cccnc32)c1. The quantitative estimate of drug-likeness (QED) is 0.378. The van der Waals surface area contributed by atoms with Crippen molar-refractivity contribution in [2.75, 3.05) is 26.1 Å². The van der Waals surface area contributed by atoms with E-state index < -0.39 is 18.0 Å². The van der Waals surface area contributed by atoms with Crippen molar-refractivity contribution in [2.24, 2.45) is 0 Å². The second-order valence-electron chi connectivity index (χ2n) is 7.56. The molecule has 4 rings (SSSR count). The van der Waals surface area contributed by atoms with Crippen LogP contribution in [0.5, 0.6) is 0 Å². The van der Waals surface area contributed by atoms with E-state index in [1.807, 2.05) is 10.6 Å². The Kier molecular flexibility index (Phi) is 7.19. The first kappa shape index (κ1) is 24.3. The number of carbonyl (C=O) groups is 3. The van der Waals surface area contributed by atoms with E-state index in [1.165, 1.54) is 44.6 Å². The highest BCUT2D eigenvalue weighted by Crippen LogP contribution is 2.24. The number of nitrogens with zero attached hydrogens (tertiary/aromatic N) is 3. The van der Waals surface area contributed by atoms with E-state index in [9.17, 15) is 18.8 Å². The second-order valence-corrected chi connectivity index (χ2v) is 7.56. The molecule has 2 aromatic carbocycles. The molecular weight excluding hydrogens is 469 g/mol. The predicted octanol–water partition coefficient (Wildman–Crippen LogP) is 3.63. The average Bonchev–Trinajstić information content (AvgIpc) is 3.26. The summed E-state index contributed by atoms with van der Waals surface area (Å²) >= 11 is 0. The summed E-state index contributed by atoms with van der Waals surface area (Å²) in [6, 6.07) is 13.0. The minimum absolute atomic E-state index is 0.0729. The molecule has 2 N–H and O–H groups in total. The Morgan fingerprint density at radius 1 is 1.00 bits per heavy atom. The summed E-state index contributed by atoms with van der Waals surface area (Å²) in [6.07, 6.45) is 1.64. The molecule has 11 heteroatoms. The van der Waals surface area contributed by atoms with Crippen molar-refractivity contribution in [1.29, 1.82) is 0 Å². The number of hydrogen-bond donors (Lipinski definition) is 2. The van der Waals surface area contributed by atoms with Crippen molar-refractivity contribution in [2.45, 2.75) is 6.54 Å². The zero-order valence-electron chi connectivity index (χ0n) is 19.4. The maximum atomic E-state index is 13.4. The first-order valence-corrected chi connectivity index (χ1v) is 10.8. The first-order chi connectivity index (χ1) is 17.4. The van der Waals surface area contributed by atoms with Crippen LogP contribution in [0.4, 0.5) is 14.9 Å². The largest absolute Gasteiger partial charge is 0.465 e. The van der Waals surface area contributed by atoms with Crippen molar-refractivity contribution in [1.82, 2.24) is 19.9 Å². The number of methoxy groups -OCH3 is 2. The lowest BCUT2D eigenvalue weighted by Crippen LogP contribution is -2.32. The fraction of sp³-hybridized carbons (Fsp3) is 0.160. The van der Waals surface area contributed by atoms with Crippen LogP contribution in [-0.4, -0.2) is 53.3 Å². The van der Waals surface area contributed by atoms with Crippen LogP contribution >= 0.6 is 0 Å². The lowest BCUT2D eigenvalue weighted by atomic mass is 10.1. The van der Waals surface area contributed by atoms with Crippen LogP contribution in [0, 0.1) is 5.82 Å². The number of halogens is 1. The third kappa shape index (κ3) is 5.14. The molecule has 0 saturated carbocycles. The molecule has 4 aromatic rings. The Morgan fingerprint density at radius 3 is 2.47 bits per heavy atom. The lowest BCUT2D eigenvalue weighted by molar-refractivity contribution is 0.0587. The van der Waals surface area contributed by atoms with Crippen LogP contribution in [0.2, 0.25) is 0 Å². The summed E-state index contributed by atoms with van der Waals surface area (Å²) < 4.78 is 24.7. The summed E-state index contributed by atoms with van der Waals surface area (Å²) in [6.45, 7) is 0.478. The number of rotatable bonds is 7. The Hall–Kier alpha value is -4.80. The molecule has 0 spiro atoms. The van der Waals surface area contributed by atoms with E-state index in [0.717, 1.165) is 0 Å². The lowest BCUT2D eigenvalue weighted by Gasteiger charge is -2.13. The van der Waals surface area contributed by atoms with Gasteiger partial charge in [0, 0.05) is 24.8 Å². The average molecular weight is 491 g/mol. The summed E-state index contributed by atoms with van der Waals surface area (Å²) in [5.74, 6) is -1.09. The Labute approximate surface area is 205 Å². The van der Waals surface area contributed by atoms with Gasteiger partial charge in [-0.1, -0.05) is 0 Å². The molecule has 0 aliphatic rings. The van der Waals surface area contributed by atoms with Crippen LogP contribution in [0.3, 0.4) is 0 Å². The van der Waals surface area contributed by atoms with Crippen LogP contribution in [0.15, 0.2) is 60.8 Å². The number of carbonyl (C=O) groups excluding carboxylic acids is 3. The number of benzene rings is 2. The zero-order chi connectivity index (χ0) is 25.7. The molecule has 2 heterocycles. The fourth-order valence-corrected chi connectivity index (χ4v) is 3.62. The number of amides is 2. The van der Waals surface area contributed by atoms with Gasteiger partial charge in [0.25, 0.3) is 0 Å². The number of imidazole rings is 1. The summed E-state index contributed by atoms with van der Waals surface area (Å²) in [5, 5.41) is 5.29. The third-order valence-electron chi connectivity index (χ3n) is 5.32. The molecule has 36 heavy (non-hydrogen) atoms. The molecule has 0 aliphatic carbocycles. The number of nitrogens with one attached hydrogen (secondary N) is 2. The molecule has 10 nitrogen and oxygen atoms in total. The number of urea groups is 1. The normalized spacial score (nSPS) is 10.6. The first-order valence-electron chi connectivity index (χ1n) is 10.8. The molecule has 2 amide bonds. The topological polar surface area (TPSA) is 124 Å². The van der Waals surface area contributed by atoms with Gasteiger partial charge < -0.3 is 24.7 Å². The summed E-state index contributed by atoms with van der Waals surface area (Å²) in [5.41, 5.74) is 2.27. The van der Waals surface area contributed by atoms with E-state index in [1.54, 1.807) is 24.4 Å². The van der Waals surface area contributed by atoms with Crippen molar-refractivity contribution in [3.05, 3.63) is 77.7 Å². The minimum atomic E-state index is -0.679. The predicted molar refractivity (Wildman–Crippen MR) is 129 cm³/mol. The van der Waals surface area contributed by atoms with Crippen LogP contribution < -0.4 is 10.6 Å². The van der Waals surface area contributed by atoms with Gasteiger partial charge in [-0.05, 0) is 54.6 Å². The second kappa shape index (κ2) is 10.6. The number of esters is 2. The summed E-state index contributed by atoms with van der Waals surface area (Å²) in [4.78, 5) is 45.6. The van der Waals surface area contributed by atoms with Gasteiger partial charge in [-0.3, -0.25) is 0 Å². The standard InChI is InChI=1S/C25H22FN5O5/c1-35-23(32)16-7-10-18(24(33)36-2)20(14-16)30-25(34)28-12-13-31-21(15-5-8-17(26)9-6-15)29-19-4-3-11-27-22(19)31/h3-11,14H,12-13H2,1-2H3,(H2,28,30,34). The molecular formula is C25H22FN5O5. The van der Waals surface area contributed by atoms with Gasteiger partial charge in [0.05, 0.1) is 31.0 Å². The fourth-order valence-electron chi connectivity index (χ4n) is 3.62. The van der Waals surface area contributed by atoms with Gasteiger partial charge in [0.2, 0.25) is 0 Å². The van der Waals surface area contributed by atoms with Gasteiger partial charge in [0.15, 0.2) is 5.65 Å². The maximum absolute atomic E-state index is 13.4. The van der Waals surface area contributed by atoms with Crippen LogP contribution in [-0.2, 0) is 16.0 Å². The van der Waals surface area contributed by atoms with E-state index in [2.05, 4.69) is 20.6 Å². The Morgan fingerprint density at radius 2 is 1.75 bits per heavy atom. The molecule has 0 unspecified atom stereocenters. The van der Waals surface area contributed by atoms with Crippen molar-refractivity contribution >= 4 is 34.8 Å². The highest BCUT2D eigenvalue weighted by atomic mass is 19.1. The monoisotopic (exact) mass is 491 g/mol. The van der Waals surface area contributed by atoms with Crippen molar-refractivity contribution < 1.29 is 28.2 Å². The molecule has 0 aliphatic heterocycles. The highest BCUT2D eigenvalue weighted by molar-refractivity contribution is 6.03. The number of fused-ring (bicyclic) bond motifs is 1. The molecule has 0 radical (unpaired) electrons. The van der Waals surface area contributed by atoms with Gasteiger partial charge in [0.1, 0.15) is 17.2 Å². The van der Waals surface area contributed by atoms with E-state index in [0.29, 0.717) is 29.1 Å². The zero-order valence-corrected chi connectivity index (χ0v) is 19.4. The number of anilines is 1. The van der Waals surface area contributed by atoms with Gasteiger partial charge in [-0.15, -0.1) is 0 Å². The number of pyridine rings is 1. The van der Waals surface area contributed by atoms with Crippen molar-refractivity contribution in [3.63, 3.8) is 0 Å². The number of aromatic nitrogens is 3. The van der Waals surface area contributed by atoms with E-state index in [-0.39, 0.29) is 29.2 Å². The molecule has 0 fully saturated rings. The van der Waals surface area contributed by atoms with Crippen LogP contribution in [0.25, 0.3) is 22.6 Å². The smallest absolute Gasteiger partial charge is 0.339 e. The molecule has 0 bridgehead atoms. The molecule has 0 saturated heterocycles. The number of hydrogen-bond acceptors (Lipinski definition) is 7. The minimum Gasteiger partial charge on any atom is -0.465 e. The maximum Gasteiger partial charge on any atom is 0.339 e. The summed E-state index contributed by atoms with van der Waals surface area (Å²) in [7, 11) is 2.44. The van der Waals surface area contributed by atoms with Gasteiger partial charge in [-0.25, -0.2) is 28.7 Å². The van der Waals surface area contributed by atoms with Gasteiger partial charge >= 0.3 is 18.0 Å². The Balaban J connectivity index is 1.52. The molecule has 184 valence electrons.